The minimum atomic E-state index is -1.21. The number of allylic oxidation sites excluding steroid dienone is 2. The van der Waals surface area contributed by atoms with Crippen LogP contribution in [0.4, 0.5) is 0 Å². The van der Waals surface area contributed by atoms with E-state index in [4.69, 9.17) is 4.74 Å². The largest absolute Gasteiger partial charge is 0.494 e. The molecule has 0 heterocycles. The highest BCUT2D eigenvalue weighted by Crippen LogP contribution is 2.13. The number of ether oxygens (including phenoxy) is 1. The van der Waals surface area contributed by atoms with Gasteiger partial charge in [-0.2, -0.15) is 0 Å². The predicted octanol–water partition coefficient (Wildman–Crippen LogP) is 4.28. The summed E-state index contributed by atoms with van der Waals surface area (Å²) in [5.74, 6) is -1.02. The van der Waals surface area contributed by atoms with Crippen LogP contribution in [0.5, 0.6) is 5.75 Å². The third-order valence-corrected chi connectivity index (χ3v) is 3.71. The van der Waals surface area contributed by atoms with E-state index >= 15 is 0 Å². The molecular weight excluding hydrogens is 342 g/mol. The summed E-state index contributed by atoms with van der Waals surface area (Å²) >= 11 is 0. The number of carboxylic acids is 1. The number of rotatable bonds is 9. The van der Waals surface area contributed by atoms with Gasteiger partial charge in [-0.1, -0.05) is 55.8 Å². The van der Waals surface area contributed by atoms with Gasteiger partial charge in [-0.05, 0) is 42.3 Å². The first-order valence-corrected chi connectivity index (χ1v) is 8.81. The average Bonchev–Trinajstić information content (AvgIpc) is 2.68. The van der Waals surface area contributed by atoms with Crippen LogP contribution in [0, 0.1) is 0 Å². The Morgan fingerprint density at radius 1 is 1.07 bits per heavy atom. The lowest BCUT2D eigenvalue weighted by molar-refractivity contribution is -0.133. The van der Waals surface area contributed by atoms with E-state index in [1.165, 1.54) is 6.08 Å². The lowest BCUT2D eigenvalue weighted by Crippen LogP contribution is -2.27. The van der Waals surface area contributed by atoms with Crippen LogP contribution in [0.1, 0.15) is 35.7 Å². The Morgan fingerprint density at radius 2 is 1.78 bits per heavy atom. The summed E-state index contributed by atoms with van der Waals surface area (Å²) in [5, 5.41) is 11.7. The third kappa shape index (κ3) is 6.82. The van der Waals surface area contributed by atoms with Crippen molar-refractivity contribution in [3.8, 4) is 5.75 Å². The molecular formula is C22H23NO4. The van der Waals surface area contributed by atoms with Gasteiger partial charge >= 0.3 is 5.97 Å². The van der Waals surface area contributed by atoms with Gasteiger partial charge in [0, 0.05) is 5.56 Å². The Labute approximate surface area is 159 Å². The molecule has 0 spiro atoms. The van der Waals surface area contributed by atoms with E-state index in [-0.39, 0.29) is 5.70 Å². The van der Waals surface area contributed by atoms with Crippen molar-refractivity contribution in [3.63, 3.8) is 0 Å². The monoisotopic (exact) mass is 365 g/mol. The molecule has 0 radical (unpaired) electrons. The van der Waals surface area contributed by atoms with E-state index < -0.39 is 11.9 Å². The molecule has 0 saturated heterocycles. The van der Waals surface area contributed by atoms with Crippen molar-refractivity contribution in [2.75, 3.05) is 6.61 Å². The topological polar surface area (TPSA) is 75.6 Å². The third-order valence-electron chi connectivity index (χ3n) is 3.71. The first kappa shape index (κ1) is 20.0. The molecule has 2 N–H and O–H groups in total. The smallest absolute Gasteiger partial charge is 0.352 e. The van der Waals surface area contributed by atoms with Gasteiger partial charge in [0.25, 0.3) is 5.91 Å². The molecule has 5 heteroatoms. The van der Waals surface area contributed by atoms with Crippen molar-refractivity contribution in [3.05, 3.63) is 83.6 Å². The molecule has 2 aromatic carbocycles. The predicted molar refractivity (Wildman–Crippen MR) is 106 cm³/mol. The maximum atomic E-state index is 12.3. The minimum Gasteiger partial charge on any atom is -0.494 e. The molecule has 0 aliphatic heterocycles. The van der Waals surface area contributed by atoms with Gasteiger partial charge in [0.2, 0.25) is 0 Å². The zero-order valence-electron chi connectivity index (χ0n) is 15.2. The van der Waals surface area contributed by atoms with E-state index in [0.717, 1.165) is 18.4 Å². The van der Waals surface area contributed by atoms with Crippen molar-refractivity contribution in [2.24, 2.45) is 0 Å². The standard InChI is InChI=1S/C22H23NO4/c1-2-3-16-27-19-14-12-18(13-15-19)21(24)23-20(22(25)26)11-7-10-17-8-5-4-6-9-17/h4-15H,2-3,16H2,1H3,(H,23,24)(H,25,26)/b10-7+,20-11+. The van der Waals surface area contributed by atoms with Crippen LogP contribution in [0.2, 0.25) is 0 Å². The Balaban J connectivity index is 2.00. The van der Waals surface area contributed by atoms with Crippen molar-refractivity contribution < 1.29 is 19.4 Å². The van der Waals surface area contributed by atoms with Crippen molar-refractivity contribution in [1.29, 1.82) is 0 Å². The fraction of sp³-hybridized carbons (Fsp3) is 0.182. The lowest BCUT2D eigenvalue weighted by Gasteiger charge is -2.08. The molecule has 0 saturated carbocycles. The van der Waals surface area contributed by atoms with E-state index in [2.05, 4.69) is 12.2 Å². The zero-order valence-corrected chi connectivity index (χ0v) is 15.2. The summed E-state index contributed by atoms with van der Waals surface area (Å²) in [6.45, 7) is 2.71. The molecule has 2 rings (SSSR count). The van der Waals surface area contributed by atoms with Crippen LogP contribution in [-0.4, -0.2) is 23.6 Å². The maximum absolute atomic E-state index is 12.3. The van der Waals surface area contributed by atoms with Gasteiger partial charge in [0.05, 0.1) is 6.61 Å². The highest BCUT2D eigenvalue weighted by molar-refractivity contribution is 6.00. The summed E-state index contributed by atoms with van der Waals surface area (Å²) in [6, 6.07) is 16.1. The van der Waals surface area contributed by atoms with Gasteiger partial charge in [-0.15, -0.1) is 0 Å². The SMILES string of the molecule is CCCCOc1ccc(C(=O)N/C(=C/C=C/c2ccccc2)C(=O)O)cc1. The van der Waals surface area contributed by atoms with Crippen LogP contribution in [0.15, 0.2) is 72.4 Å². The Kier molecular flexibility index (Phi) is 7.85. The number of nitrogens with one attached hydrogen (secondary N) is 1. The number of unbranched alkanes of at least 4 members (excludes halogenated alkanes) is 1. The number of amides is 1. The summed E-state index contributed by atoms with van der Waals surface area (Å²) in [7, 11) is 0. The maximum Gasteiger partial charge on any atom is 0.352 e. The fourth-order valence-electron chi connectivity index (χ4n) is 2.22. The van der Waals surface area contributed by atoms with E-state index in [9.17, 15) is 14.7 Å². The molecule has 0 aliphatic carbocycles. The number of hydrogen-bond donors (Lipinski definition) is 2. The number of aliphatic carboxylic acids is 1. The van der Waals surface area contributed by atoms with Crippen LogP contribution < -0.4 is 10.1 Å². The second-order valence-corrected chi connectivity index (χ2v) is 5.84. The minimum absolute atomic E-state index is 0.199. The molecule has 0 atom stereocenters. The fourth-order valence-corrected chi connectivity index (χ4v) is 2.22. The van der Waals surface area contributed by atoms with E-state index in [0.29, 0.717) is 17.9 Å². The molecule has 0 aromatic heterocycles. The van der Waals surface area contributed by atoms with E-state index in [1.807, 2.05) is 30.3 Å². The molecule has 140 valence electrons. The molecule has 5 nitrogen and oxygen atoms in total. The lowest BCUT2D eigenvalue weighted by atomic mass is 10.2. The Morgan fingerprint density at radius 3 is 2.41 bits per heavy atom. The average molecular weight is 365 g/mol. The van der Waals surface area contributed by atoms with Gasteiger partial charge < -0.3 is 15.2 Å². The summed E-state index contributed by atoms with van der Waals surface area (Å²) in [6.07, 6.45) is 6.71. The summed E-state index contributed by atoms with van der Waals surface area (Å²) < 4.78 is 5.55. The highest BCUT2D eigenvalue weighted by Gasteiger charge is 2.12. The molecule has 1 amide bonds. The second kappa shape index (κ2) is 10.6. The molecule has 2 aromatic rings. The van der Waals surface area contributed by atoms with Gasteiger partial charge in [0.15, 0.2) is 0 Å². The second-order valence-electron chi connectivity index (χ2n) is 5.84. The molecule has 0 fully saturated rings. The zero-order chi connectivity index (χ0) is 19.5. The van der Waals surface area contributed by atoms with Gasteiger partial charge in [-0.3, -0.25) is 4.79 Å². The Bertz CT molecular complexity index is 808. The van der Waals surface area contributed by atoms with Crippen molar-refractivity contribution in [2.45, 2.75) is 19.8 Å². The first-order chi connectivity index (χ1) is 13.1. The number of hydrogen-bond acceptors (Lipinski definition) is 3. The number of carbonyl (C=O) groups is 2. The summed E-state index contributed by atoms with van der Waals surface area (Å²) in [4.78, 5) is 23.7. The number of carboxylic acid groups (broad SMARTS) is 1. The molecule has 0 aliphatic rings. The molecule has 0 unspecified atom stereocenters. The highest BCUT2D eigenvalue weighted by atomic mass is 16.5. The van der Waals surface area contributed by atoms with Gasteiger partial charge in [-0.25, -0.2) is 4.79 Å². The Hall–Kier alpha value is -3.34. The van der Waals surface area contributed by atoms with Crippen molar-refractivity contribution >= 4 is 18.0 Å². The molecule has 27 heavy (non-hydrogen) atoms. The summed E-state index contributed by atoms with van der Waals surface area (Å²) in [5.41, 5.74) is 1.09. The van der Waals surface area contributed by atoms with E-state index in [1.54, 1.807) is 36.4 Å². The van der Waals surface area contributed by atoms with Crippen LogP contribution in [-0.2, 0) is 4.79 Å². The van der Waals surface area contributed by atoms with Crippen LogP contribution in [0.3, 0.4) is 0 Å². The quantitative estimate of drug-likeness (QED) is 0.395. The van der Waals surface area contributed by atoms with Crippen LogP contribution in [0.25, 0.3) is 6.08 Å². The number of carbonyl (C=O) groups excluding carboxylic acids is 1. The van der Waals surface area contributed by atoms with Gasteiger partial charge in [0.1, 0.15) is 11.4 Å². The first-order valence-electron chi connectivity index (χ1n) is 8.81. The van der Waals surface area contributed by atoms with Crippen molar-refractivity contribution in [1.82, 2.24) is 5.32 Å². The molecule has 0 bridgehead atoms. The normalized spacial score (nSPS) is 11.4. The van der Waals surface area contributed by atoms with Crippen LogP contribution >= 0.6 is 0 Å². The number of benzene rings is 2.